The summed E-state index contributed by atoms with van der Waals surface area (Å²) in [5.41, 5.74) is -1.10. The average molecular weight is 200 g/mol. The van der Waals surface area contributed by atoms with Gasteiger partial charge in [0.1, 0.15) is 0 Å². The third-order valence-corrected chi connectivity index (χ3v) is 2.71. The highest BCUT2D eigenvalue weighted by Crippen LogP contribution is 2.37. The van der Waals surface area contributed by atoms with Crippen LogP contribution in [0.2, 0.25) is 0 Å². The molecule has 0 radical (unpaired) electrons. The first-order valence-corrected chi connectivity index (χ1v) is 5.21. The molecule has 14 heavy (non-hydrogen) atoms. The first-order valence-electron chi connectivity index (χ1n) is 5.21. The van der Waals surface area contributed by atoms with Crippen molar-refractivity contribution in [3.8, 4) is 0 Å². The summed E-state index contributed by atoms with van der Waals surface area (Å²) in [6, 6.07) is 0. The van der Waals surface area contributed by atoms with Gasteiger partial charge in [0, 0.05) is 0 Å². The molecule has 0 aliphatic heterocycles. The molecule has 2 N–H and O–H groups in total. The van der Waals surface area contributed by atoms with E-state index >= 15 is 0 Å². The molecule has 2 nitrogen and oxygen atoms in total. The molecule has 84 valence electrons. The van der Waals surface area contributed by atoms with Gasteiger partial charge in [-0.05, 0) is 18.3 Å². The lowest BCUT2D eigenvalue weighted by molar-refractivity contribution is -0.0522. The Labute approximate surface area is 87.7 Å². The van der Waals surface area contributed by atoms with Crippen LogP contribution in [-0.4, -0.2) is 21.9 Å². The second kappa shape index (κ2) is 4.45. The van der Waals surface area contributed by atoms with Crippen LogP contribution in [0, 0.1) is 11.3 Å². The normalized spacial score (nSPS) is 20.1. The van der Waals surface area contributed by atoms with Gasteiger partial charge < -0.3 is 10.2 Å². The maximum Gasteiger partial charge on any atom is 0.0899 e. The molecule has 0 amide bonds. The Kier molecular flexibility index (Phi) is 4.34. The van der Waals surface area contributed by atoms with Gasteiger partial charge in [-0.25, -0.2) is 0 Å². The lowest BCUT2D eigenvalue weighted by atomic mass is 9.70. The van der Waals surface area contributed by atoms with Crippen molar-refractivity contribution in [1.82, 2.24) is 0 Å². The quantitative estimate of drug-likeness (QED) is 0.687. The Hall–Kier alpha value is -0.340. The van der Waals surface area contributed by atoms with Gasteiger partial charge in [0.25, 0.3) is 0 Å². The lowest BCUT2D eigenvalue weighted by Gasteiger charge is -2.41. The van der Waals surface area contributed by atoms with Crippen molar-refractivity contribution >= 4 is 0 Å². The lowest BCUT2D eigenvalue weighted by Crippen LogP contribution is -2.45. The Bertz CT molecular complexity index is 199. The molecule has 0 aromatic rings. The smallest absolute Gasteiger partial charge is 0.0899 e. The van der Waals surface area contributed by atoms with E-state index in [4.69, 9.17) is 5.11 Å². The number of rotatable bonds is 3. The van der Waals surface area contributed by atoms with Crippen LogP contribution in [0.25, 0.3) is 0 Å². The Morgan fingerprint density at radius 3 is 1.71 bits per heavy atom. The Morgan fingerprint density at radius 1 is 1.07 bits per heavy atom. The summed E-state index contributed by atoms with van der Waals surface area (Å²) in [6.45, 7) is 11.6. The summed E-state index contributed by atoms with van der Waals surface area (Å²) in [4.78, 5) is 0. The molecular weight excluding hydrogens is 176 g/mol. The van der Waals surface area contributed by atoms with Crippen LogP contribution in [-0.2, 0) is 0 Å². The molecule has 2 atom stereocenters. The van der Waals surface area contributed by atoms with Crippen LogP contribution in [0.4, 0.5) is 0 Å². The van der Waals surface area contributed by atoms with Gasteiger partial charge in [-0.3, -0.25) is 0 Å². The van der Waals surface area contributed by atoms with E-state index in [2.05, 4.69) is 0 Å². The number of hydrogen-bond acceptors (Lipinski definition) is 2. The van der Waals surface area contributed by atoms with Crippen LogP contribution in [0.5, 0.6) is 0 Å². The second-order valence-electron chi connectivity index (χ2n) is 5.33. The molecule has 2 heteroatoms. The first-order chi connectivity index (χ1) is 6.11. The fourth-order valence-corrected chi connectivity index (χ4v) is 1.59. The van der Waals surface area contributed by atoms with Crippen molar-refractivity contribution in [2.24, 2.45) is 11.3 Å². The van der Waals surface area contributed by atoms with Crippen molar-refractivity contribution in [2.45, 2.75) is 53.2 Å². The van der Waals surface area contributed by atoms with Crippen molar-refractivity contribution in [3.05, 3.63) is 12.2 Å². The molecule has 2 unspecified atom stereocenters. The average Bonchev–Trinajstić information content (AvgIpc) is 1.97. The van der Waals surface area contributed by atoms with Gasteiger partial charge in [-0.1, -0.05) is 46.8 Å². The maximum atomic E-state index is 10.5. The predicted molar refractivity (Wildman–Crippen MR) is 60.1 cm³/mol. The molecule has 0 aromatic carbocycles. The molecule has 0 bridgehead atoms. The van der Waals surface area contributed by atoms with Crippen molar-refractivity contribution < 1.29 is 10.2 Å². The minimum Gasteiger partial charge on any atom is -0.389 e. The molecule has 0 heterocycles. The highest BCUT2D eigenvalue weighted by atomic mass is 16.3. The van der Waals surface area contributed by atoms with E-state index in [-0.39, 0.29) is 11.3 Å². The minimum atomic E-state index is -0.871. The van der Waals surface area contributed by atoms with E-state index in [0.29, 0.717) is 0 Å². The monoisotopic (exact) mass is 200 g/mol. The molecule has 0 fully saturated rings. The van der Waals surface area contributed by atoms with Gasteiger partial charge in [-0.15, -0.1) is 0 Å². The Morgan fingerprint density at radius 2 is 1.50 bits per heavy atom. The zero-order valence-electron chi connectivity index (χ0n) is 10.2. The summed E-state index contributed by atoms with van der Waals surface area (Å²) in [6.07, 6.45) is 2.86. The van der Waals surface area contributed by atoms with Crippen LogP contribution in [0.15, 0.2) is 12.2 Å². The topological polar surface area (TPSA) is 40.5 Å². The number of hydrogen-bond donors (Lipinski definition) is 2. The molecule has 0 saturated carbocycles. The van der Waals surface area contributed by atoms with Crippen LogP contribution < -0.4 is 0 Å². The van der Waals surface area contributed by atoms with Crippen molar-refractivity contribution in [3.63, 3.8) is 0 Å². The zero-order valence-corrected chi connectivity index (χ0v) is 10.2. The highest BCUT2D eigenvalue weighted by molar-refractivity contribution is 5.10. The van der Waals surface area contributed by atoms with Crippen molar-refractivity contribution in [1.29, 1.82) is 0 Å². The van der Waals surface area contributed by atoms with E-state index in [1.54, 1.807) is 19.1 Å². The van der Waals surface area contributed by atoms with Gasteiger partial charge in [-0.2, -0.15) is 0 Å². The summed E-state index contributed by atoms with van der Waals surface area (Å²) in [7, 11) is 0. The van der Waals surface area contributed by atoms with E-state index in [1.165, 1.54) is 0 Å². The fourth-order valence-electron chi connectivity index (χ4n) is 1.59. The summed E-state index contributed by atoms with van der Waals surface area (Å²) in [5.74, 6) is 0.123. The predicted octanol–water partition coefficient (Wildman–Crippen LogP) is 2.36. The molecule has 0 rings (SSSR count). The fraction of sp³-hybridized carbons (Fsp3) is 0.833. The van der Waals surface area contributed by atoms with E-state index in [9.17, 15) is 5.11 Å². The van der Waals surface area contributed by atoms with Gasteiger partial charge in [0.05, 0.1) is 11.7 Å². The number of aliphatic hydroxyl groups excluding tert-OH is 1. The molecule has 0 aliphatic carbocycles. The zero-order chi connectivity index (χ0) is 11.6. The standard InChI is InChI=1S/C12H24O2/c1-9(2)12(14,11(4,5)6)8-7-10(3)13/h7-10,13-14H,1-6H3/b8-7-. The first kappa shape index (κ1) is 13.7. The summed E-state index contributed by atoms with van der Waals surface area (Å²) in [5, 5.41) is 19.6. The molecule has 0 saturated heterocycles. The van der Waals surface area contributed by atoms with E-state index in [0.717, 1.165) is 0 Å². The van der Waals surface area contributed by atoms with Gasteiger partial charge >= 0.3 is 0 Å². The largest absolute Gasteiger partial charge is 0.389 e. The molecule has 0 spiro atoms. The van der Waals surface area contributed by atoms with Gasteiger partial charge in [0.2, 0.25) is 0 Å². The van der Waals surface area contributed by atoms with Crippen molar-refractivity contribution in [2.75, 3.05) is 0 Å². The summed E-state index contributed by atoms with van der Waals surface area (Å²) >= 11 is 0. The van der Waals surface area contributed by atoms with Crippen LogP contribution in [0.3, 0.4) is 0 Å². The third-order valence-electron chi connectivity index (χ3n) is 2.71. The Balaban J connectivity index is 4.93. The number of aliphatic hydroxyl groups is 2. The molecule has 0 aliphatic rings. The third kappa shape index (κ3) is 3.10. The minimum absolute atomic E-state index is 0.123. The van der Waals surface area contributed by atoms with E-state index in [1.807, 2.05) is 34.6 Å². The molecule has 0 aromatic heterocycles. The van der Waals surface area contributed by atoms with Crippen LogP contribution in [0.1, 0.15) is 41.5 Å². The molecular formula is C12H24O2. The summed E-state index contributed by atoms with van der Waals surface area (Å²) < 4.78 is 0. The van der Waals surface area contributed by atoms with Crippen LogP contribution >= 0.6 is 0 Å². The van der Waals surface area contributed by atoms with Gasteiger partial charge in [0.15, 0.2) is 0 Å². The van der Waals surface area contributed by atoms with E-state index < -0.39 is 11.7 Å². The second-order valence-corrected chi connectivity index (χ2v) is 5.33. The highest BCUT2D eigenvalue weighted by Gasteiger charge is 2.40. The maximum absolute atomic E-state index is 10.5. The SMILES string of the molecule is CC(O)/C=C\C(O)(C(C)C)C(C)(C)C.